The third kappa shape index (κ3) is 5.00. The minimum atomic E-state index is -0.0149. The summed E-state index contributed by atoms with van der Waals surface area (Å²) in [6, 6.07) is 7.69. The molecule has 1 fully saturated rings. The maximum absolute atomic E-state index is 11.9. The molecule has 0 bridgehead atoms. The molecular weight excluding hydrogens is 292 g/mol. The van der Waals surface area contributed by atoms with Crippen LogP contribution in [0.15, 0.2) is 24.3 Å². The van der Waals surface area contributed by atoms with Gasteiger partial charge in [0.05, 0.1) is 6.54 Å². The lowest BCUT2D eigenvalue weighted by Gasteiger charge is -2.13. The van der Waals surface area contributed by atoms with Crippen molar-refractivity contribution in [2.75, 3.05) is 17.6 Å². The third-order valence-electron chi connectivity index (χ3n) is 3.45. The number of thioether (sulfide) groups is 1. The van der Waals surface area contributed by atoms with Gasteiger partial charge in [0.1, 0.15) is 0 Å². The average Bonchev–Trinajstić information content (AvgIpc) is 2.85. The van der Waals surface area contributed by atoms with Crippen molar-refractivity contribution >= 4 is 35.0 Å². The van der Waals surface area contributed by atoms with E-state index in [4.69, 9.17) is 11.6 Å². The second-order valence-electron chi connectivity index (χ2n) is 5.03. The number of hydrogen-bond acceptors (Lipinski definition) is 3. The van der Waals surface area contributed by atoms with Gasteiger partial charge in [-0.2, -0.15) is 11.8 Å². The van der Waals surface area contributed by atoms with Gasteiger partial charge in [-0.1, -0.05) is 24.6 Å². The Hall–Kier alpha value is -0.710. The van der Waals surface area contributed by atoms with Crippen LogP contribution in [0.5, 0.6) is 0 Å². The molecule has 110 valence electrons. The lowest BCUT2D eigenvalue weighted by molar-refractivity contribution is -0.115. The first-order valence-electron chi connectivity index (χ1n) is 7.07. The molecule has 5 heteroatoms. The highest BCUT2D eigenvalue weighted by Gasteiger charge is 2.24. The summed E-state index contributed by atoms with van der Waals surface area (Å²) in [5, 5.41) is 7.59. The molecule has 1 aromatic carbocycles. The first kappa shape index (κ1) is 15.7. The molecule has 1 amide bonds. The van der Waals surface area contributed by atoms with Gasteiger partial charge in [0, 0.05) is 22.0 Å². The Labute approximate surface area is 129 Å². The lowest BCUT2D eigenvalue weighted by Crippen LogP contribution is -2.34. The zero-order chi connectivity index (χ0) is 14.4. The molecule has 2 N–H and O–H groups in total. The van der Waals surface area contributed by atoms with Crippen LogP contribution in [0, 0.1) is 0 Å². The highest BCUT2D eigenvalue weighted by atomic mass is 35.5. The largest absolute Gasteiger partial charge is 0.325 e. The van der Waals surface area contributed by atoms with Crippen molar-refractivity contribution in [2.24, 2.45) is 0 Å². The predicted octanol–water partition coefficient (Wildman–Crippen LogP) is 3.54. The summed E-state index contributed by atoms with van der Waals surface area (Å²) >= 11 is 7.91. The Kier molecular flexibility index (Phi) is 6.20. The quantitative estimate of drug-likeness (QED) is 0.844. The van der Waals surface area contributed by atoms with E-state index in [1.54, 1.807) is 12.1 Å². The zero-order valence-electron chi connectivity index (χ0n) is 11.7. The Bertz CT molecular complexity index is 455. The van der Waals surface area contributed by atoms with Crippen molar-refractivity contribution in [1.29, 1.82) is 0 Å². The first-order valence-corrected chi connectivity index (χ1v) is 8.50. The first-order chi connectivity index (χ1) is 9.67. The van der Waals surface area contributed by atoms with E-state index in [1.807, 2.05) is 23.9 Å². The Morgan fingerprint density at radius 1 is 1.45 bits per heavy atom. The third-order valence-corrected chi connectivity index (χ3v) is 4.91. The van der Waals surface area contributed by atoms with Crippen molar-refractivity contribution in [3.63, 3.8) is 0 Å². The second-order valence-corrected chi connectivity index (χ2v) is 7.04. The molecule has 2 unspecified atom stereocenters. The molecule has 20 heavy (non-hydrogen) atoms. The van der Waals surface area contributed by atoms with Gasteiger partial charge < -0.3 is 10.6 Å². The van der Waals surface area contributed by atoms with E-state index in [1.165, 1.54) is 25.0 Å². The van der Waals surface area contributed by atoms with Crippen LogP contribution >= 0.6 is 23.4 Å². The van der Waals surface area contributed by atoms with Crippen LogP contribution in [0.4, 0.5) is 5.69 Å². The smallest absolute Gasteiger partial charge is 0.238 e. The van der Waals surface area contributed by atoms with Crippen LogP contribution in [-0.2, 0) is 4.79 Å². The number of nitrogens with one attached hydrogen (secondary N) is 2. The van der Waals surface area contributed by atoms with E-state index in [0.29, 0.717) is 17.6 Å². The SMILES string of the molecule is CCSC1CCC(NCC(=O)Nc2cccc(Cl)c2)C1. The van der Waals surface area contributed by atoms with Crippen molar-refractivity contribution < 1.29 is 4.79 Å². The van der Waals surface area contributed by atoms with Crippen molar-refractivity contribution in [1.82, 2.24) is 5.32 Å². The van der Waals surface area contributed by atoms with Crippen molar-refractivity contribution in [3.8, 4) is 0 Å². The van der Waals surface area contributed by atoms with Gasteiger partial charge in [-0.3, -0.25) is 4.79 Å². The van der Waals surface area contributed by atoms with Crippen LogP contribution in [0.1, 0.15) is 26.2 Å². The minimum Gasteiger partial charge on any atom is -0.325 e. The van der Waals surface area contributed by atoms with E-state index < -0.39 is 0 Å². The fraction of sp³-hybridized carbons (Fsp3) is 0.533. The molecule has 0 aliphatic heterocycles. The minimum absolute atomic E-state index is 0.0149. The van der Waals surface area contributed by atoms with Crippen molar-refractivity contribution in [2.45, 2.75) is 37.5 Å². The number of carbonyl (C=O) groups excluding carboxylic acids is 1. The fourth-order valence-corrected chi connectivity index (χ4v) is 3.85. The zero-order valence-corrected chi connectivity index (χ0v) is 13.3. The highest BCUT2D eigenvalue weighted by Crippen LogP contribution is 2.29. The molecule has 1 aromatic rings. The van der Waals surface area contributed by atoms with Crippen LogP contribution in [-0.4, -0.2) is 29.5 Å². The molecular formula is C15H21ClN2OS. The molecule has 0 saturated heterocycles. The van der Waals surface area contributed by atoms with Gasteiger partial charge in [0.25, 0.3) is 0 Å². The van der Waals surface area contributed by atoms with E-state index >= 15 is 0 Å². The summed E-state index contributed by atoms with van der Waals surface area (Å²) in [7, 11) is 0. The summed E-state index contributed by atoms with van der Waals surface area (Å²) in [4.78, 5) is 11.9. The van der Waals surface area contributed by atoms with E-state index in [2.05, 4.69) is 17.6 Å². The van der Waals surface area contributed by atoms with Crippen LogP contribution < -0.4 is 10.6 Å². The molecule has 3 nitrogen and oxygen atoms in total. The number of hydrogen-bond donors (Lipinski definition) is 2. The molecule has 0 aromatic heterocycles. The monoisotopic (exact) mass is 312 g/mol. The number of benzene rings is 1. The average molecular weight is 313 g/mol. The van der Waals surface area contributed by atoms with Gasteiger partial charge in [0.15, 0.2) is 0 Å². The van der Waals surface area contributed by atoms with Crippen molar-refractivity contribution in [3.05, 3.63) is 29.3 Å². The van der Waals surface area contributed by atoms with E-state index in [-0.39, 0.29) is 5.91 Å². The van der Waals surface area contributed by atoms with Gasteiger partial charge in [0.2, 0.25) is 5.91 Å². The molecule has 2 rings (SSSR count). The molecule has 1 saturated carbocycles. The number of anilines is 1. The molecule has 1 aliphatic rings. The van der Waals surface area contributed by atoms with E-state index in [9.17, 15) is 4.79 Å². The standard InChI is InChI=1S/C15H21ClN2OS/c1-2-20-14-7-6-12(9-14)17-10-15(19)18-13-5-3-4-11(16)8-13/h3-5,8,12,14,17H,2,6-7,9-10H2,1H3,(H,18,19). The molecule has 2 atom stereocenters. The maximum atomic E-state index is 11.9. The molecule has 0 heterocycles. The number of rotatable bonds is 6. The molecule has 0 spiro atoms. The Morgan fingerprint density at radius 2 is 2.30 bits per heavy atom. The fourth-order valence-electron chi connectivity index (χ4n) is 2.52. The summed E-state index contributed by atoms with van der Waals surface area (Å²) < 4.78 is 0. The topological polar surface area (TPSA) is 41.1 Å². The van der Waals surface area contributed by atoms with Gasteiger partial charge in [-0.05, 0) is 43.2 Å². The number of carbonyl (C=O) groups is 1. The highest BCUT2D eigenvalue weighted by molar-refractivity contribution is 7.99. The Balaban J connectivity index is 1.70. The number of halogens is 1. The van der Waals surface area contributed by atoms with Crippen LogP contribution in [0.25, 0.3) is 0 Å². The number of amides is 1. The van der Waals surface area contributed by atoms with Gasteiger partial charge >= 0.3 is 0 Å². The molecule has 0 radical (unpaired) electrons. The summed E-state index contributed by atoms with van der Waals surface area (Å²) in [6.07, 6.45) is 3.59. The van der Waals surface area contributed by atoms with E-state index in [0.717, 1.165) is 10.9 Å². The summed E-state index contributed by atoms with van der Waals surface area (Å²) in [6.45, 7) is 2.56. The normalized spacial score (nSPS) is 21.9. The Morgan fingerprint density at radius 3 is 3.05 bits per heavy atom. The van der Waals surface area contributed by atoms with Crippen LogP contribution in [0.3, 0.4) is 0 Å². The second kappa shape index (κ2) is 7.91. The predicted molar refractivity (Wildman–Crippen MR) is 87.6 cm³/mol. The lowest BCUT2D eigenvalue weighted by atomic mass is 10.2. The molecule has 1 aliphatic carbocycles. The maximum Gasteiger partial charge on any atom is 0.238 e. The van der Waals surface area contributed by atoms with Gasteiger partial charge in [-0.25, -0.2) is 0 Å². The van der Waals surface area contributed by atoms with Crippen LogP contribution in [0.2, 0.25) is 5.02 Å². The summed E-state index contributed by atoms with van der Waals surface area (Å²) in [5.74, 6) is 1.16. The van der Waals surface area contributed by atoms with Gasteiger partial charge in [-0.15, -0.1) is 0 Å². The summed E-state index contributed by atoms with van der Waals surface area (Å²) in [5.41, 5.74) is 0.745.